The number of nitro benzene ring substituents is 1. The first-order valence-electron chi connectivity index (χ1n) is 6.15. The van der Waals surface area contributed by atoms with Gasteiger partial charge in [0.15, 0.2) is 5.78 Å². The third-order valence-corrected chi connectivity index (χ3v) is 2.82. The molecule has 2 rings (SSSR count). The first-order chi connectivity index (χ1) is 9.99. The van der Waals surface area contributed by atoms with E-state index in [1.807, 2.05) is 0 Å². The van der Waals surface area contributed by atoms with Crippen molar-refractivity contribution in [1.82, 2.24) is 0 Å². The molecule has 0 radical (unpaired) electrons. The van der Waals surface area contributed by atoms with Crippen molar-refractivity contribution >= 4 is 23.1 Å². The summed E-state index contributed by atoms with van der Waals surface area (Å²) in [7, 11) is 0. The first kappa shape index (κ1) is 14.4. The second-order valence-electron chi connectivity index (χ2n) is 4.36. The summed E-state index contributed by atoms with van der Waals surface area (Å²) in [4.78, 5) is 33.6. The minimum absolute atomic E-state index is 0.0818. The third kappa shape index (κ3) is 3.30. The smallest absolute Gasteiger partial charge is 0.269 e. The summed E-state index contributed by atoms with van der Waals surface area (Å²) in [5, 5.41) is 13.2. The summed E-state index contributed by atoms with van der Waals surface area (Å²) in [5.41, 5.74) is 0.981. The summed E-state index contributed by atoms with van der Waals surface area (Å²) in [6, 6.07) is 11.9. The molecule has 0 aromatic heterocycles. The van der Waals surface area contributed by atoms with Crippen LogP contribution in [0.15, 0.2) is 48.5 Å². The van der Waals surface area contributed by atoms with Gasteiger partial charge in [-0.15, -0.1) is 0 Å². The molecule has 0 bridgehead atoms. The maximum Gasteiger partial charge on any atom is 0.269 e. The van der Waals surface area contributed by atoms with Gasteiger partial charge in [0.25, 0.3) is 5.69 Å². The SMILES string of the molecule is CC(=O)Nc1ccccc1C(=O)c1ccc([N+](=O)[O-])cc1. The Kier molecular flexibility index (Phi) is 4.08. The number of hydrogen-bond acceptors (Lipinski definition) is 4. The molecule has 0 saturated carbocycles. The third-order valence-electron chi connectivity index (χ3n) is 2.82. The molecule has 21 heavy (non-hydrogen) atoms. The molecule has 6 nitrogen and oxygen atoms in total. The van der Waals surface area contributed by atoms with E-state index in [9.17, 15) is 19.7 Å². The van der Waals surface area contributed by atoms with Gasteiger partial charge in [0.1, 0.15) is 0 Å². The summed E-state index contributed by atoms with van der Waals surface area (Å²) in [5.74, 6) is -0.590. The molecule has 0 aliphatic heterocycles. The molecule has 0 atom stereocenters. The molecule has 0 aliphatic carbocycles. The van der Waals surface area contributed by atoms with Crippen LogP contribution in [-0.4, -0.2) is 16.6 Å². The maximum absolute atomic E-state index is 12.4. The minimum atomic E-state index is -0.528. The molecule has 106 valence electrons. The number of rotatable bonds is 4. The molecule has 0 fully saturated rings. The van der Waals surface area contributed by atoms with Crippen molar-refractivity contribution in [3.8, 4) is 0 Å². The average Bonchev–Trinajstić information content (AvgIpc) is 2.46. The molecular weight excluding hydrogens is 272 g/mol. The van der Waals surface area contributed by atoms with Crippen molar-refractivity contribution < 1.29 is 14.5 Å². The van der Waals surface area contributed by atoms with Crippen molar-refractivity contribution in [2.24, 2.45) is 0 Å². The monoisotopic (exact) mass is 284 g/mol. The number of carbonyl (C=O) groups is 2. The van der Waals surface area contributed by atoms with Gasteiger partial charge in [0.2, 0.25) is 5.91 Å². The van der Waals surface area contributed by atoms with Gasteiger partial charge in [0, 0.05) is 30.2 Å². The largest absolute Gasteiger partial charge is 0.326 e. The average molecular weight is 284 g/mol. The predicted molar refractivity (Wildman–Crippen MR) is 77.3 cm³/mol. The van der Waals surface area contributed by atoms with Crippen LogP contribution in [0.25, 0.3) is 0 Å². The highest BCUT2D eigenvalue weighted by atomic mass is 16.6. The molecular formula is C15H12N2O4. The zero-order valence-corrected chi connectivity index (χ0v) is 11.2. The zero-order valence-electron chi connectivity index (χ0n) is 11.2. The Balaban J connectivity index is 2.35. The van der Waals surface area contributed by atoms with Crippen LogP contribution in [-0.2, 0) is 4.79 Å². The van der Waals surface area contributed by atoms with E-state index in [1.54, 1.807) is 24.3 Å². The number of ketones is 1. The van der Waals surface area contributed by atoms with E-state index < -0.39 is 4.92 Å². The molecule has 0 heterocycles. The highest BCUT2D eigenvalue weighted by Gasteiger charge is 2.15. The van der Waals surface area contributed by atoms with Crippen LogP contribution in [0.3, 0.4) is 0 Å². The van der Waals surface area contributed by atoms with Crippen molar-refractivity contribution in [3.63, 3.8) is 0 Å². The first-order valence-corrected chi connectivity index (χ1v) is 6.15. The second kappa shape index (κ2) is 5.96. The van der Waals surface area contributed by atoms with Gasteiger partial charge in [-0.25, -0.2) is 0 Å². The van der Waals surface area contributed by atoms with E-state index in [-0.39, 0.29) is 17.4 Å². The molecule has 0 spiro atoms. The predicted octanol–water partition coefficient (Wildman–Crippen LogP) is 2.78. The molecule has 2 aromatic rings. The van der Waals surface area contributed by atoms with Gasteiger partial charge >= 0.3 is 0 Å². The number of carbonyl (C=O) groups excluding carboxylic acids is 2. The van der Waals surface area contributed by atoms with E-state index in [4.69, 9.17) is 0 Å². The number of non-ortho nitro benzene ring substituents is 1. The molecule has 0 unspecified atom stereocenters. The van der Waals surface area contributed by atoms with E-state index in [1.165, 1.54) is 31.2 Å². The van der Waals surface area contributed by atoms with Crippen molar-refractivity contribution in [2.45, 2.75) is 6.92 Å². The summed E-state index contributed by atoms with van der Waals surface area (Å²) >= 11 is 0. The maximum atomic E-state index is 12.4. The number of nitro groups is 1. The highest BCUT2D eigenvalue weighted by molar-refractivity contribution is 6.13. The highest BCUT2D eigenvalue weighted by Crippen LogP contribution is 2.21. The molecule has 0 aliphatic rings. The molecule has 1 amide bonds. The number of para-hydroxylation sites is 1. The fourth-order valence-corrected chi connectivity index (χ4v) is 1.87. The van der Waals surface area contributed by atoms with E-state index >= 15 is 0 Å². The van der Waals surface area contributed by atoms with Crippen LogP contribution in [0.1, 0.15) is 22.8 Å². The lowest BCUT2D eigenvalue weighted by atomic mass is 10.0. The van der Waals surface area contributed by atoms with E-state index in [0.29, 0.717) is 16.8 Å². The van der Waals surface area contributed by atoms with Gasteiger partial charge in [0.05, 0.1) is 10.6 Å². The van der Waals surface area contributed by atoms with Crippen molar-refractivity contribution in [1.29, 1.82) is 0 Å². The second-order valence-corrected chi connectivity index (χ2v) is 4.36. The van der Waals surface area contributed by atoms with E-state index in [2.05, 4.69) is 5.32 Å². The topological polar surface area (TPSA) is 89.3 Å². The lowest BCUT2D eigenvalue weighted by Crippen LogP contribution is -2.11. The van der Waals surface area contributed by atoms with Crippen LogP contribution < -0.4 is 5.32 Å². The molecule has 2 aromatic carbocycles. The normalized spacial score (nSPS) is 9.95. The minimum Gasteiger partial charge on any atom is -0.326 e. The van der Waals surface area contributed by atoms with E-state index in [0.717, 1.165) is 0 Å². The Morgan fingerprint density at radius 3 is 2.24 bits per heavy atom. The Bertz CT molecular complexity index is 708. The van der Waals surface area contributed by atoms with Gasteiger partial charge in [-0.1, -0.05) is 12.1 Å². The van der Waals surface area contributed by atoms with Gasteiger partial charge < -0.3 is 5.32 Å². The quantitative estimate of drug-likeness (QED) is 0.531. The van der Waals surface area contributed by atoms with Gasteiger partial charge in [-0.05, 0) is 24.3 Å². The van der Waals surface area contributed by atoms with Crippen LogP contribution >= 0.6 is 0 Å². The number of nitrogens with zero attached hydrogens (tertiary/aromatic N) is 1. The lowest BCUT2D eigenvalue weighted by Gasteiger charge is -2.08. The fraction of sp³-hybridized carbons (Fsp3) is 0.0667. The van der Waals surface area contributed by atoms with Crippen LogP contribution in [0, 0.1) is 10.1 Å². The Labute approximate surface area is 120 Å². The Morgan fingerprint density at radius 1 is 1.05 bits per heavy atom. The number of hydrogen-bond donors (Lipinski definition) is 1. The number of anilines is 1. The standard InChI is InChI=1S/C15H12N2O4/c1-10(18)16-14-5-3-2-4-13(14)15(19)11-6-8-12(9-7-11)17(20)21/h2-9H,1H3,(H,16,18). The van der Waals surface area contributed by atoms with Gasteiger partial charge in [-0.3, -0.25) is 19.7 Å². The Morgan fingerprint density at radius 2 is 1.67 bits per heavy atom. The van der Waals surface area contributed by atoms with Crippen LogP contribution in [0.5, 0.6) is 0 Å². The summed E-state index contributed by atoms with van der Waals surface area (Å²) in [6.45, 7) is 1.35. The molecule has 0 saturated heterocycles. The molecule has 1 N–H and O–H groups in total. The van der Waals surface area contributed by atoms with Crippen LogP contribution in [0.2, 0.25) is 0 Å². The lowest BCUT2D eigenvalue weighted by molar-refractivity contribution is -0.384. The summed E-state index contributed by atoms with van der Waals surface area (Å²) in [6.07, 6.45) is 0. The number of benzene rings is 2. The van der Waals surface area contributed by atoms with Crippen molar-refractivity contribution in [2.75, 3.05) is 5.32 Å². The van der Waals surface area contributed by atoms with Crippen LogP contribution in [0.4, 0.5) is 11.4 Å². The van der Waals surface area contributed by atoms with Crippen molar-refractivity contribution in [3.05, 3.63) is 69.8 Å². The fourth-order valence-electron chi connectivity index (χ4n) is 1.87. The zero-order chi connectivity index (χ0) is 15.4. The summed E-state index contributed by atoms with van der Waals surface area (Å²) < 4.78 is 0. The molecule has 6 heteroatoms. The Hall–Kier alpha value is -3.02. The van der Waals surface area contributed by atoms with Gasteiger partial charge in [-0.2, -0.15) is 0 Å². The number of nitrogens with one attached hydrogen (secondary N) is 1. The number of amides is 1.